The van der Waals surface area contributed by atoms with Crippen LogP contribution in [0, 0.1) is 11.8 Å². The Morgan fingerprint density at radius 3 is 2.47 bits per heavy atom. The van der Waals surface area contributed by atoms with Crippen LogP contribution in [0.25, 0.3) is 0 Å². The maximum atomic E-state index is 12.2. The molecule has 78 valence electrons. The van der Waals surface area contributed by atoms with Gasteiger partial charge in [-0.15, -0.1) is 0 Å². The first-order valence-electron chi connectivity index (χ1n) is 3.87. The highest BCUT2D eigenvalue weighted by molar-refractivity contribution is 5.75. The normalized spacial score (nSPS) is 10.3. The number of hydrogen-bond donors (Lipinski definition) is 1. The summed E-state index contributed by atoms with van der Waals surface area (Å²) in [5, 5.41) is 0. The van der Waals surface area contributed by atoms with Crippen LogP contribution in [-0.2, 0) is 11.0 Å². The molecule has 0 aliphatic carbocycles. The van der Waals surface area contributed by atoms with Gasteiger partial charge in [-0.3, -0.25) is 4.79 Å². The standard InChI is InChI=1S/C10H6F3NO/c11-10(12,13)8-4-3-7(2-1-5-15)9(14)6-8/h3-6H,14H2. The molecule has 0 atom stereocenters. The fourth-order valence-electron chi connectivity index (χ4n) is 0.960. The number of carbonyl (C=O) groups excluding carboxylic acids is 1. The van der Waals surface area contributed by atoms with E-state index in [0.29, 0.717) is 6.29 Å². The molecule has 0 bridgehead atoms. The summed E-state index contributed by atoms with van der Waals surface area (Å²) in [6, 6.07) is 2.79. The highest BCUT2D eigenvalue weighted by atomic mass is 19.4. The third-order valence-corrected chi connectivity index (χ3v) is 1.64. The molecule has 15 heavy (non-hydrogen) atoms. The van der Waals surface area contributed by atoms with Crippen molar-refractivity contribution in [3.05, 3.63) is 29.3 Å². The lowest BCUT2D eigenvalue weighted by Gasteiger charge is -2.07. The lowest BCUT2D eigenvalue weighted by molar-refractivity contribution is -0.137. The van der Waals surface area contributed by atoms with Gasteiger partial charge in [0.05, 0.1) is 5.56 Å². The highest BCUT2D eigenvalue weighted by Crippen LogP contribution is 2.31. The monoisotopic (exact) mass is 213 g/mol. The zero-order valence-electron chi connectivity index (χ0n) is 7.43. The molecule has 1 aromatic carbocycles. The zero-order valence-corrected chi connectivity index (χ0v) is 7.43. The molecular weight excluding hydrogens is 207 g/mol. The van der Waals surface area contributed by atoms with Crippen molar-refractivity contribution in [3.63, 3.8) is 0 Å². The molecule has 0 spiro atoms. The van der Waals surface area contributed by atoms with Gasteiger partial charge >= 0.3 is 6.18 Å². The lowest BCUT2D eigenvalue weighted by Crippen LogP contribution is -2.06. The number of nitrogen functional groups attached to an aromatic ring is 1. The predicted octanol–water partition coefficient (Wildman–Crippen LogP) is 1.84. The van der Waals surface area contributed by atoms with Crippen molar-refractivity contribution in [2.45, 2.75) is 6.18 Å². The van der Waals surface area contributed by atoms with Crippen molar-refractivity contribution in [2.75, 3.05) is 5.73 Å². The van der Waals surface area contributed by atoms with Crippen molar-refractivity contribution in [3.8, 4) is 11.8 Å². The number of aldehydes is 1. The summed E-state index contributed by atoms with van der Waals surface area (Å²) in [5.41, 5.74) is 4.61. The summed E-state index contributed by atoms with van der Waals surface area (Å²) in [5.74, 6) is 4.40. The molecule has 0 amide bonds. The second kappa shape index (κ2) is 4.05. The van der Waals surface area contributed by atoms with Crippen LogP contribution in [0.4, 0.5) is 18.9 Å². The summed E-state index contributed by atoms with van der Waals surface area (Å²) in [6.45, 7) is 0. The van der Waals surface area contributed by atoms with Crippen molar-refractivity contribution >= 4 is 12.0 Å². The van der Waals surface area contributed by atoms with Gasteiger partial charge in [0.1, 0.15) is 0 Å². The number of halogens is 3. The van der Waals surface area contributed by atoms with Gasteiger partial charge in [0.15, 0.2) is 6.29 Å². The van der Waals surface area contributed by atoms with Gasteiger partial charge in [-0.2, -0.15) is 13.2 Å². The fourth-order valence-corrected chi connectivity index (χ4v) is 0.960. The number of alkyl halides is 3. The summed E-state index contributed by atoms with van der Waals surface area (Å²) in [7, 11) is 0. The number of rotatable bonds is 0. The molecule has 0 unspecified atom stereocenters. The number of anilines is 1. The van der Waals surface area contributed by atoms with Crippen molar-refractivity contribution in [1.82, 2.24) is 0 Å². The van der Waals surface area contributed by atoms with E-state index in [1.807, 2.05) is 0 Å². The number of benzene rings is 1. The predicted molar refractivity (Wildman–Crippen MR) is 48.8 cm³/mol. The van der Waals surface area contributed by atoms with Gasteiger partial charge in [0.2, 0.25) is 0 Å². The number of hydrogen-bond acceptors (Lipinski definition) is 2. The Balaban J connectivity index is 3.14. The summed E-state index contributed by atoms with van der Waals surface area (Å²) >= 11 is 0. The Morgan fingerprint density at radius 1 is 1.33 bits per heavy atom. The third kappa shape index (κ3) is 2.74. The Kier molecular flexibility index (Phi) is 3.00. The molecule has 1 aromatic rings. The van der Waals surface area contributed by atoms with Crippen LogP contribution >= 0.6 is 0 Å². The molecule has 0 aliphatic rings. The first-order valence-corrected chi connectivity index (χ1v) is 3.87. The minimum absolute atomic E-state index is 0.0980. The average Bonchev–Trinajstić information content (AvgIpc) is 2.14. The Hall–Kier alpha value is -1.96. The molecule has 0 aromatic heterocycles. The number of carbonyl (C=O) groups is 1. The minimum atomic E-state index is -4.43. The minimum Gasteiger partial charge on any atom is -0.398 e. The van der Waals surface area contributed by atoms with E-state index in [-0.39, 0.29) is 11.3 Å². The molecule has 0 fully saturated rings. The molecule has 5 heteroatoms. The van der Waals surface area contributed by atoms with Crippen LogP contribution in [0.15, 0.2) is 18.2 Å². The van der Waals surface area contributed by atoms with Crippen LogP contribution in [0.5, 0.6) is 0 Å². The van der Waals surface area contributed by atoms with E-state index in [1.165, 1.54) is 0 Å². The van der Waals surface area contributed by atoms with Gasteiger partial charge in [-0.25, -0.2) is 0 Å². The molecule has 2 N–H and O–H groups in total. The second-order valence-electron chi connectivity index (χ2n) is 2.69. The van der Waals surface area contributed by atoms with E-state index < -0.39 is 11.7 Å². The van der Waals surface area contributed by atoms with Crippen LogP contribution < -0.4 is 5.73 Å². The maximum Gasteiger partial charge on any atom is 0.416 e. The molecule has 0 heterocycles. The molecule has 0 radical (unpaired) electrons. The summed E-state index contributed by atoms with van der Waals surface area (Å²) in [6.07, 6.45) is -4.08. The molecule has 1 rings (SSSR count). The molecule has 0 saturated heterocycles. The maximum absolute atomic E-state index is 12.2. The Labute approximate surface area is 83.9 Å². The largest absolute Gasteiger partial charge is 0.416 e. The highest BCUT2D eigenvalue weighted by Gasteiger charge is 2.30. The quantitative estimate of drug-likeness (QED) is 0.406. The molecule has 2 nitrogen and oxygen atoms in total. The van der Waals surface area contributed by atoms with Crippen LogP contribution in [0.3, 0.4) is 0 Å². The van der Waals surface area contributed by atoms with Gasteiger partial charge in [0, 0.05) is 11.3 Å². The summed E-state index contributed by atoms with van der Waals surface area (Å²) < 4.78 is 36.6. The number of nitrogens with two attached hydrogens (primary N) is 1. The van der Waals surface area contributed by atoms with Gasteiger partial charge in [-0.1, -0.05) is 5.92 Å². The van der Waals surface area contributed by atoms with Gasteiger partial charge in [-0.05, 0) is 24.1 Å². The van der Waals surface area contributed by atoms with Crippen molar-refractivity contribution in [2.24, 2.45) is 0 Å². The second-order valence-corrected chi connectivity index (χ2v) is 2.69. The molecular formula is C10H6F3NO. The van der Waals surface area contributed by atoms with E-state index in [2.05, 4.69) is 11.8 Å². The van der Waals surface area contributed by atoms with Crippen LogP contribution in [0.1, 0.15) is 11.1 Å². The van der Waals surface area contributed by atoms with Crippen molar-refractivity contribution < 1.29 is 18.0 Å². The third-order valence-electron chi connectivity index (χ3n) is 1.64. The van der Waals surface area contributed by atoms with Crippen molar-refractivity contribution in [1.29, 1.82) is 0 Å². The summed E-state index contributed by atoms with van der Waals surface area (Å²) in [4.78, 5) is 9.92. The average molecular weight is 213 g/mol. The zero-order chi connectivity index (χ0) is 11.5. The van der Waals surface area contributed by atoms with Gasteiger partial charge in [0.25, 0.3) is 0 Å². The van der Waals surface area contributed by atoms with E-state index in [4.69, 9.17) is 5.73 Å². The first kappa shape index (κ1) is 11.1. The smallest absolute Gasteiger partial charge is 0.398 e. The first-order chi connectivity index (χ1) is 6.95. The van der Waals surface area contributed by atoms with Gasteiger partial charge < -0.3 is 5.73 Å². The molecule has 0 saturated carbocycles. The topological polar surface area (TPSA) is 43.1 Å². The lowest BCUT2D eigenvalue weighted by atomic mass is 10.1. The van der Waals surface area contributed by atoms with E-state index in [1.54, 1.807) is 0 Å². The Bertz CT molecular complexity index is 440. The van der Waals surface area contributed by atoms with E-state index in [0.717, 1.165) is 18.2 Å². The van der Waals surface area contributed by atoms with Crippen LogP contribution in [-0.4, -0.2) is 6.29 Å². The van der Waals surface area contributed by atoms with E-state index in [9.17, 15) is 18.0 Å². The Morgan fingerprint density at radius 2 is 2.00 bits per heavy atom. The fraction of sp³-hybridized carbons (Fsp3) is 0.100. The molecule has 0 aliphatic heterocycles. The SMILES string of the molecule is Nc1cc(C(F)(F)F)ccc1C#CC=O. The van der Waals surface area contributed by atoms with Crippen LogP contribution in [0.2, 0.25) is 0 Å². The van der Waals surface area contributed by atoms with E-state index >= 15 is 0 Å².